The van der Waals surface area contributed by atoms with Crippen molar-refractivity contribution in [2.75, 3.05) is 38.3 Å². The number of nitro benzene ring substituents is 1. The third-order valence-electron chi connectivity index (χ3n) is 4.51. The minimum atomic E-state index is -0.377. The van der Waals surface area contributed by atoms with Crippen molar-refractivity contribution in [2.24, 2.45) is 0 Å². The largest absolute Gasteiger partial charge is 0.466 e. The normalized spacial score (nSPS) is 21.0. The van der Waals surface area contributed by atoms with Crippen LogP contribution in [0, 0.1) is 10.1 Å². The van der Waals surface area contributed by atoms with Crippen molar-refractivity contribution >= 4 is 17.3 Å². The molecule has 1 fully saturated rings. The second kappa shape index (κ2) is 9.66. The number of esters is 1. The quantitative estimate of drug-likeness (QED) is 0.389. The molecule has 27 heavy (non-hydrogen) atoms. The summed E-state index contributed by atoms with van der Waals surface area (Å²) < 4.78 is 15.9. The summed E-state index contributed by atoms with van der Waals surface area (Å²) in [5.74, 6) is -0.647. The van der Waals surface area contributed by atoms with E-state index in [9.17, 15) is 14.9 Å². The van der Waals surface area contributed by atoms with Gasteiger partial charge in [-0.25, -0.2) is 0 Å². The molecule has 8 nitrogen and oxygen atoms in total. The maximum Gasteiger partial charge on any atom is 0.306 e. The Morgan fingerprint density at radius 2 is 2.04 bits per heavy atom. The zero-order valence-corrected chi connectivity index (χ0v) is 16.3. The zero-order valence-electron chi connectivity index (χ0n) is 16.3. The van der Waals surface area contributed by atoms with Gasteiger partial charge in [0, 0.05) is 32.2 Å². The maximum absolute atomic E-state index is 11.9. The van der Waals surface area contributed by atoms with E-state index in [1.807, 2.05) is 24.8 Å². The van der Waals surface area contributed by atoms with Crippen LogP contribution in [0.4, 0.5) is 11.4 Å². The number of benzene rings is 1. The number of carbonyl (C=O) groups excluding carboxylic acids is 1. The van der Waals surface area contributed by atoms with Gasteiger partial charge in [-0.1, -0.05) is 6.07 Å². The van der Waals surface area contributed by atoms with Gasteiger partial charge in [0.25, 0.3) is 5.69 Å². The fourth-order valence-corrected chi connectivity index (χ4v) is 3.48. The fraction of sp³-hybridized carbons (Fsp3) is 0.632. The highest BCUT2D eigenvalue weighted by molar-refractivity contribution is 5.71. The molecule has 150 valence electrons. The Hall–Kier alpha value is -2.19. The molecule has 1 saturated heterocycles. The van der Waals surface area contributed by atoms with E-state index in [-0.39, 0.29) is 47.7 Å². The predicted octanol–water partition coefficient (Wildman–Crippen LogP) is 2.89. The molecule has 0 amide bonds. The predicted molar refractivity (Wildman–Crippen MR) is 101 cm³/mol. The lowest BCUT2D eigenvalue weighted by Gasteiger charge is -2.36. The Morgan fingerprint density at radius 1 is 1.37 bits per heavy atom. The van der Waals surface area contributed by atoms with Crippen molar-refractivity contribution in [3.8, 4) is 0 Å². The number of hydrogen-bond donors (Lipinski definition) is 0. The van der Waals surface area contributed by atoms with Crippen molar-refractivity contribution in [3.05, 3.63) is 33.9 Å². The highest BCUT2D eigenvalue weighted by atomic mass is 16.6. The van der Waals surface area contributed by atoms with Crippen LogP contribution in [0.3, 0.4) is 0 Å². The van der Waals surface area contributed by atoms with Crippen LogP contribution in [-0.2, 0) is 19.0 Å². The average Bonchev–Trinajstić information content (AvgIpc) is 2.60. The summed E-state index contributed by atoms with van der Waals surface area (Å²) in [5.41, 5.74) is 1.28. The van der Waals surface area contributed by atoms with Gasteiger partial charge >= 0.3 is 5.97 Å². The lowest BCUT2D eigenvalue weighted by atomic mass is 9.95. The summed E-state index contributed by atoms with van der Waals surface area (Å²) in [6, 6.07) is 5.13. The second-order valence-corrected chi connectivity index (χ2v) is 6.83. The molecule has 1 unspecified atom stereocenters. The molecule has 1 aliphatic rings. The first-order valence-electron chi connectivity index (χ1n) is 9.19. The Morgan fingerprint density at radius 3 is 2.59 bits per heavy atom. The van der Waals surface area contributed by atoms with Crippen LogP contribution in [0.25, 0.3) is 0 Å². The van der Waals surface area contributed by atoms with Crippen LogP contribution < -0.4 is 4.90 Å². The minimum absolute atomic E-state index is 0.00177. The van der Waals surface area contributed by atoms with E-state index in [2.05, 4.69) is 0 Å². The molecule has 0 N–H and O–H groups in total. The summed E-state index contributed by atoms with van der Waals surface area (Å²) in [5, 5.41) is 11.7. The Kier molecular flexibility index (Phi) is 7.55. The number of rotatable bonds is 8. The van der Waals surface area contributed by atoms with Gasteiger partial charge in [0.1, 0.15) is 5.69 Å². The smallest absolute Gasteiger partial charge is 0.306 e. The van der Waals surface area contributed by atoms with Crippen LogP contribution in [0.5, 0.6) is 0 Å². The monoisotopic (exact) mass is 380 g/mol. The van der Waals surface area contributed by atoms with Crippen molar-refractivity contribution in [3.63, 3.8) is 0 Å². The van der Waals surface area contributed by atoms with E-state index in [0.29, 0.717) is 30.9 Å². The van der Waals surface area contributed by atoms with Crippen molar-refractivity contribution in [1.29, 1.82) is 0 Å². The number of anilines is 1. The maximum atomic E-state index is 11.9. The molecule has 2 rings (SSSR count). The third-order valence-corrected chi connectivity index (χ3v) is 4.51. The molecule has 0 saturated carbocycles. The summed E-state index contributed by atoms with van der Waals surface area (Å²) in [6.45, 7) is 7.41. The molecule has 1 aromatic carbocycles. The van der Waals surface area contributed by atoms with Gasteiger partial charge in [-0.05, 0) is 32.4 Å². The van der Waals surface area contributed by atoms with E-state index in [4.69, 9.17) is 14.2 Å². The molecule has 8 heteroatoms. The van der Waals surface area contributed by atoms with Gasteiger partial charge in [-0.2, -0.15) is 0 Å². The number of hydrogen-bond acceptors (Lipinski definition) is 7. The number of ether oxygens (including phenoxy) is 3. The molecule has 0 spiro atoms. The fourth-order valence-electron chi connectivity index (χ4n) is 3.48. The third kappa shape index (κ3) is 5.64. The summed E-state index contributed by atoms with van der Waals surface area (Å²) in [6.07, 6.45) is 0.111. The molecule has 0 bridgehead atoms. The molecule has 1 aliphatic heterocycles. The van der Waals surface area contributed by atoms with Crippen LogP contribution in [0.15, 0.2) is 18.2 Å². The lowest BCUT2D eigenvalue weighted by molar-refractivity contribution is -0.384. The van der Waals surface area contributed by atoms with Crippen LogP contribution in [0.1, 0.15) is 38.7 Å². The minimum Gasteiger partial charge on any atom is -0.466 e. The lowest BCUT2D eigenvalue weighted by Crippen LogP contribution is -2.45. The highest BCUT2D eigenvalue weighted by Gasteiger charge is 2.29. The van der Waals surface area contributed by atoms with Crippen molar-refractivity contribution in [1.82, 2.24) is 0 Å². The zero-order chi connectivity index (χ0) is 20.0. The van der Waals surface area contributed by atoms with E-state index in [1.54, 1.807) is 19.1 Å². The second-order valence-electron chi connectivity index (χ2n) is 6.83. The summed E-state index contributed by atoms with van der Waals surface area (Å²) >= 11 is 0. The highest BCUT2D eigenvalue weighted by Crippen LogP contribution is 2.34. The van der Waals surface area contributed by atoms with Gasteiger partial charge in [0.2, 0.25) is 0 Å². The van der Waals surface area contributed by atoms with Gasteiger partial charge in [0.15, 0.2) is 0 Å². The summed E-state index contributed by atoms with van der Waals surface area (Å²) in [7, 11) is 1.54. The SMILES string of the molecule is CCOC(=O)CC(COC)c1ccc(N2C[C@@H](C)O[C@@H](C)C2)c([N+](=O)[O-])c1. The molecular weight excluding hydrogens is 352 g/mol. The summed E-state index contributed by atoms with van der Waals surface area (Å²) in [4.78, 5) is 25.2. The van der Waals surface area contributed by atoms with Crippen LogP contribution in [-0.4, -0.2) is 56.5 Å². The Bertz CT molecular complexity index is 656. The first-order valence-corrected chi connectivity index (χ1v) is 9.19. The van der Waals surface area contributed by atoms with Gasteiger partial charge in [0.05, 0.1) is 36.8 Å². The number of morpholine rings is 1. The topological polar surface area (TPSA) is 91.1 Å². The molecule has 0 aromatic heterocycles. The number of nitrogens with zero attached hydrogens (tertiary/aromatic N) is 2. The standard InChI is InChI=1S/C19H28N2O6/c1-5-26-19(22)9-16(12-25-4)15-6-7-17(18(8-15)21(23)24)20-10-13(2)27-14(3)11-20/h6-8,13-14,16H,5,9-12H2,1-4H3/t13-,14+,16?. The van der Waals surface area contributed by atoms with E-state index >= 15 is 0 Å². The molecular formula is C19H28N2O6. The van der Waals surface area contributed by atoms with Gasteiger partial charge in [-0.15, -0.1) is 0 Å². The number of carbonyl (C=O) groups is 1. The average molecular weight is 380 g/mol. The van der Waals surface area contributed by atoms with E-state index < -0.39 is 0 Å². The molecule has 1 aromatic rings. The number of nitro groups is 1. The molecule has 0 radical (unpaired) electrons. The van der Waals surface area contributed by atoms with Crippen LogP contribution in [0.2, 0.25) is 0 Å². The Labute approximate surface area is 159 Å². The van der Waals surface area contributed by atoms with Crippen molar-refractivity contribution in [2.45, 2.75) is 45.3 Å². The first-order chi connectivity index (χ1) is 12.8. The Balaban J connectivity index is 2.32. The van der Waals surface area contributed by atoms with Crippen molar-refractivity contribution < 1.29 is 23.9 Å². The molecule has 3 atom stereocenters. The van der Waals surface area contributed by atoms with E-state index in [1.165, 1.54) is 7.11 Å². The van der Waals surface area contributed by atoms with Gasteiger partial charge < -0.3 is 19.1 Å². The van der Waals surface area contributed by atoms with Gasteiger partial charge in [-0.3, -0.25) is 14.9 Å². The molecule has 0 aliphatic carbocycles. The van der Waals surface area contributed by atoms with E-state index in [0.717, 1.165) is 0 Å². The van der Waals surface area contributed by atoms with Crippen LogP contribution >= 0.6 is 0 Å². The number of methoxy groups -OCH3 is 1. The molecule has 1 heterocycles. The first kappa shape index (κ1) is 21.1.